The van der Waals surface area contributed by atoms with Crippen molar-refractivity contribution in [2.45, 2.75) is 25.0 Å². The van der Waals surface area contributed by atoms with Crippen molar-refractivity contribution in [1.29, 1.82) is 0 Å². The van der Waals surface area contributed by atoms with Crippen LogP contribution in [-0.2, 0) is 9.53 Å². The van der Waals surface area contributed by atoms with E-state index in [4.69, 9.17) is 10.5 Å². The number of hydrogen-bond acceptors (Lipinski definition) is 4. The van der Waals surface area contributed by atoms with Crippen molar-refractivity contribution in [2.75, 3.05) is 39.8 Å². The second-order valence-corrected chi connectivity index (χ2v) is 4.55. The maximum absolute atomic E-state index is 12.0. The van der Waals surface area contributed by atoms with Gasteiger partial charge in [0.25, 0.3) is 5.91 Å². The number of hydrogen-bond donors (Lipinski definition) is 1. The third-order valence-electron chi connectivity index (χ3n) is 3.46. The van der Waals surface area contributed by atoms with Gasteiger partial charge in [0.15, 0.2) is 0 Å². The number of methoxy groups -OCH3 is 1. The van der Waals surface area contributed by atoms with Gasteiger partial charge in [-0.25, -0.2) is 0 Å². The molecule has 92 valence electrons. The Morgan fingerprint density at radius 2 is 2.00 bits per heavy atom. The van der Waals surface area contributed by atoms with E-state index in [1.165, 1.54) is 20.0 Å². The van der Waals surface area contributed by atoms with Crippen LogP contribution in [0.3, 0.4) is 0 Å². The second kappa shape index (κ2) is 5.12. The molecule has 0 radical (unpaired) electrons. The van der Waals surface area contributed by atoms with Gasteiger partial charge in [0.2, 0.25) is 0 Å². The van der Waals surface area contributed by atoms with E-state index >= 15 is 0 Å². The first-order valence-electron chi connectivity index (χ1n) is 6.02. The van der Waals surface area contributed by atoms with Crippen molar-refractivity contribution in [1.82, 2.24) is 9.80 Å². The Labute approximate surface area is 96.5 Å². The second-order valence-electron chi connectivity index (χ2n) is 4.55. The number of ether oxygens (including phenoxy) is 1. The Hall–Kier alpha value is -0.650. The normalized spacial score (nSPS) is 24.5. The van der Waals surface area contributed by atoms with Crippen molar-refractivity contribution < 1.29 is 9.53 Å². The average Bonchev–Trinajstić information content (AvgIpc) is 3.15. The minimum atomic E-state index is -0.465. The molecule has 0 spiro atoms. The highest BCUT2D eigenvalue weighted by molar-refractivity contribution is 5.81. The van der Waals surface area contributed by atoms with E-state index in [1.807, 2.05) is 4.90 Å². The lowest BCUT2D eigenvalue weighted by molar-refractivity contribution is -0.143. The smallest absolute Gasteiger partial charge is 0.253 e. The first-order chi connectivity index (χ1) is 7.76. The van der Waals surface area contributed by atoms with Gasteiger partial charge < -0.3 is 15.4 Å². The van der Waals surface area contributed by atoms with Crippen LogP contribution in [0.25, 0.3) is 0 Å². The lowest BCUT2D eigenvalue weighted by atomic mass is 10.2. The van der Waals surface area contributed by atoms with Gasteiger partial charge in [0.1, 0.15) is 6.10 Å². The fourth-order valence-corrected chi connectivity index (χ4v) is 2.25. The van der Waals surface area contributed by atoms with Crippen LogP contribution in [0.2, 0.25) is 0 Å². The lowest BCUT2D eigenvalue weighted by Crippen LogP contribution is -2.53. The van der Waals surface area contributed by atoms with E-state index in [2.05, 4.69) is 4.90 Å². The fraction of sp³-hybridized carbons (Fsp3) is 0.909. The Kier molecular flexibility index (Phi) is 3.78. The molecule has 1 atom stereocenters. The predicted octanol–water partition coefficient (Wildman–Crippen LogP) is -0.733. The molecule has 2 fully saturated rings. The third-order valence-corrected chi connectivity index (χ3v) is 3.46. The van der Waals surface area contributed by atoms with Crippen molar-refractivity contribution in [3.05, 3.63) is 0 Å². The van der Waals surface area contributed by atoms with Gasteiger partial charge >= 0.3 is 0 Å². The largest absolute Gasteiger partial charge is 0.370 e. The summed E-state index contributed by atoms with van der Waals surface area (Å²) < 4.78 is 5.07. The minimum absolute atomic E-state index is 0.0421. The SMILES string of the molecule is COC(CN)C(=O)N1CCN(C2CC2)CC1. The van der Waals surface area contributed by atoms with Gasteiger partial charge in [-0.1, -0.05) is 0 Å². The van der Waals surface area contributed by atoms with Gasteiger partial charge in [-0.15, -0.1) is 0 Å². The highest BCUT2D eigenvalue weighted by Gasteiger charge is 2.33. The van der Waals surface area contributed by atoms with Crippen molar-refractivity contribution >= 4 is 5.91 Å². The van der Waals surface area contributed by atoms with Crippen LogP contribution in [0.15, 0.2) is 0 Å². The molecular formula is C11H21N3O2. The van der Waals surface area contributed by atoms with Gasteiger partial charge in [-0.05, 0) is 12.8 Å². The van der Waals surface area contributed by atoms with Gasteiger partial charge in [0, 0.05) is 45.9 Å². The van der Waals surface area contributed by atoms with E-state index in [-0.39, 0.29) is 12.5 Å². The summed E-state index contributed by atoms with van der Waals surface area (Å²) in [5.41, 5.74) is 5.49. The van der Waals surface area contributed by atoms with E-state index in [9.17, 15) is 4.79 Å². The van der Waals surface area contributed by atoms with Gasteiger partial charge in [-0.2, -0.15) is 0 Å². The lowest BCUT2D eigenvalue weighted by Gasteiger charge is -2.36. The molecule has 0 aromatic rings. The molecule has 1 saturated heterocycles. The molecule has 1 amide bonds. The topological polar surface area (TPSA) is 58.8 Å². The summed E-state index contributed by atoms with van der Waals surface area (Å²) in [6.45, 7) is 3.89. The maximum Gasteiger partial charge on any atom is 0.253 e. The van der Waals surface area contributed by atoms with Crippen LogP contribution < -0.4 is 5.73 Å². The average molecular weight is 227 g/mol. The number of nitrogens with zero attached hydrogens (tertiary/aromatic N) is 2. The van der Waals surface area contributed by atoms with Crippen LogP contribution in [0, 0.1) is 0 Å². The fourth-order valence-electron chi connectivity index (χ4n) is 2.25. The molecule has 5 heteroatoms. The first-order valence-corrected chi connectivity index (χ1v) is 6.02. The molecule has 0 bridgehead atoms. The minimum Gasteiger partial charge on any atom is -0.370 e. The van der Waals surface area contributed by atoms with E-state index in [0.29, 0.717) is 0 Å². The third kappa shape index (κ3) is 2.53. The summed E-state index contributed by atoms with van der Waals surface area (Å²) in [7, 11) is 1.54. The van der Waals surface area contributed by atoms with Crippen molar-refractivity contribution in [3.8, 4) is 0 Å². The molecule has 16 heavy (non-hydrogen) atoms. The summed E-state index contributed by atoms with van der Waals surface area (Å²) in [6, 6.07) is 0.796. The molecule has 1 heterocycles. The molecule has 5 nitrogen and oxygen atoms in total. The highest BCUT2D eigenvalue weighted by Crippen LogP contribution is 2.27. The van der Waals surface area contributed by atoms with E-state index in [1.54, 1.807) is 0 Å². The molecule has 1 saturated carbocycles. The zero-order valence-corrected chi connectivity index (χ0v) is 9.89. The number of carbonyl (C=O) groups is 1. The molecular weight excluding hydrogens is 206 g/mol. The Balaban J connectivity index is 1.80. The van der Waals surface area contributed by atoms with Crippen molar-refractivity contribution in [3.63, 3.8) is 0 Å². The molecule has 2 rings (SSSR count). The quantitative estimate of drug-likeness (QED) is 0.688. The summed E-state index contributed by atoms with van der Waals surface area (Å²) >= 11 is 0. The van der Waals surface area contributed by atoms with Crippen LogP contribution in [-0.4, -0.2) is 67.7 Å². The molecule has 2 N–H and O–H groups in total. The number of amides is 1. The van der Waals surface area contributed by atoms with E-state index < -0.39 is 6.10 Å². The van der Waals surface area contributed by atoms with Crippen molar-refractivity contribution in [2.24, 2.45) is 5.73 Å². The standard InChI is InChI=1S/C11H21N3O2/c1-16-10(8-12)11(15)14-6-4-13(5-7-14)9-2-3-9/h9-10H,2-8,12H2,1H3. The molecule has 0 aromatic carbocycles. The summed E-state index contributed by atoms with van der Waals surface area (Å²) in [5.74, 6) is 0.0421. The number of nitrogens with two attached hydrogens (primary N) is 1. The van der Waals surface area contributed by atoms with Crippen LogP contribution in [0.1, 0.15) is 12.8 Å². The number of piperazine rings is 1. The Bertz CT molecular complexity index is 244. The molecule has 0 aromatic heterocycles. The van der Waals surface area contributed by atoms with Crippen LogP contribution in [0.5, 0.6) is 0 Å². The molecule has 1 unspecified atom stereocenters. The first kappa shape index (κ1) is 11.8. The zero-order valence-electron chi connectivity index (χ0n) is 9.89. The Morgan fingerprint density at radius 1 is 1.38 bits per heavy atom. The summed E-state index contributed by atoms with van der Waals surface area (Å²) in [4.78, 5) is 16.3. The van der Waals surface area contributed by atoms with E-state index in [0.717, 1.165) is 32.2 Å². The predicted molar refractivity (Wildman–Crippen MR) is 61.0 cm³/mol. The number of carbonyl (C=O) groups excluding carboxylic acids is 1. The molecule has 2 aliphatic rings. The van der Waals surface area contributed by atoms with Gasteiger partial charge in [-0.3, -0.25) is 9.69 Å². The molecule has 1 aliphatic carbocycles. The molecule has 1 aliphatic heterocycles. The maximum atomic E-state index is 12.0. The van der Waals surface area contributed by atoms with Gasteiger partial charge in [0.05, 0.1) is 0 Å². The number of rotatable bonds is 4. The Morgan fingerprint density at radius 3 is 2.44 bits per heavy atom. The highest BCUT2D eigenvalue weighted by atomic mass is 16.5. The van der Waals surface area contributed by atoms with Crippen LogP contribution >= 0.6 is 0 Å². The monoisotopic (exact) mass is 227 g/mol. The summed E-state index contributed by atoms with van der Waals surface area (Å²) in [6.07, 6.45) is 2.20. The summed E-state index contributed by atoms with van der Waals surface area (Å²) in [5, 5.41) is 0. The zero-order chi connectivity index (χ0) is 11.5. The van der Waals surface area contributed by atoms with Crippen LogP contribution in [0.4, 0.5) is 0 Å².